The van der Waals surface area contributed by atoms with Crippen molar-refractivity contribution in [1.29, 1.82) is 0 Å². The average Bonchev–Trinajstić information content (AvgIpc) is 3.34. The molecule has 0 atom stereocenters. The Kier molecular flexibility index (Phi) is 4.86. The molecule has 1 aliphatic rings. The van der Waals surface area contributed by atoms with E-state index in [1.807, 2.05) is 47.8 Å². The Hall–Kier alpha value is -2.44. The van der Waals surface area contributed by atoms with Crippen LogP contribution in [0.3, 0.4) is 0 Å². The minimum atomic E-state index is 0.107. The molecule has 0 bridgehead atoms. The van der Waals surface area contributed by atoms with E-state index < -0.39 is 0 Å². The fourth-order valence-electron chi connectivity index (χ4n) is 3.22. The van der Waals surface area contributed by atoms with Gasteiger partial charge in [0.2, 0.25) is 0 Å². The molecule has 0 aliphatic carbocycles. The number of benzene rings is 1. The second kappa shape index (κ2) is 7.43. The molecule has 0 unspecified atom stereocenters. The third-order valence-corrected chi connectivity index (χ3v) is 5.60. The minimum absolute atomic E-state index is 0.107. The second-order valence-corrected chi connectivity index (χ2v) is 7.47. The van der Waals surface area contributed by atoms with Gasteiger partial charge in [-0.05, 0) is 42.6 Å². The summed E-state index contributed by atoms with van der Waals surface area (Å²) in [7, 11) is 0. The number of thiophene rings is 1. The summed E-state index contributed by atoms with van der Waals surface area (Å²) in [6, 6.07) is 14.0. The molecule has 3 heterocycles. The van der Waals surface area contributed by atoms with Gasteiger partial charge in [0, 0.05) is 50.0 Å². The topological polar surface area (TPSA) is 49.6 Å². The molecule has 0 amide bonds. The van der Waals surface area contributed by atoms with Crippen LogP contribution in [0.1, 0.15) is 23.0 Å². The molecule has 0 spiro atoms. The minimum Gasteiger partial charge on any atom is -0.369 e. The number of aromatic nitrogens is 1. The standard InChI is InChI=1S/C20H21N3O2S/c1-15(24)16-4-6-18(7-5-16)23-10-8-22(9-11-23)14-17-13-19(25-21-17)20-3-2-12-26-20/h2-7,12-13H,8-11,14H2,1H3. The largest absolute Gasteiger partial charge is 0.369 e. The molecule has 5 nitrogen and oxygen atoms in total. The first-order valence-corrected chi connectivity index (χ1v) is 9.65. The Bertz CT molecular complexity index is 863. The van der Waals surface area contributed by atoms with Gasteiger partial charge in [0.1, 0.15) is 0 Å². The Morgan fingerprint density at radius 3 is 2.58 bits per heavy atom. The number of anilines is 1. The van der Waals surface area contributed by atoms with Crippen molar-refractivity contribution in [3.05, 3.63) is 59.1 Å². The van der Waals surface area contributed by atoms with Crippen molar-refractivity contribution in [2.45, 2.75) is 13.5 Å². The molecule has 6 heteroatoms. The molecule has 1 fully saturated rings. The molecule has 26 heavy (non-hydrogen) atoms. The van der Waals surface area contributed by atoms with E-state index in [2.05, 4.69) is 15.0 Å². The van der Waals surface area contributed by atoms with Crippen molar-refractivity contribution in [3.8, 4) is 10.6 Å². The van der Waals surface area contributed by atoms with Gasteiger partial charge < -0.3 is 9.42 Å². The number of hydrogen-bond donors (Lipinski definition) is 0. The maximum Gasteiger partial charge on any atom is 0.177 e. The van der Waals surface area contributed by atoms with Crippen LogP contribution < -0.4 is 4.90 Å². The smallest absolute Gasteiger partial charge is 0.177 e. The SMILES string of the molecule is CC(=O)c1ccc(N2CCN(Cc3cc(-c4cccs4)on3)CC2)cc1. The third kappa shape index (κ3) is 3.71. The van der Waals surface area contributed by atoms with Crippen LogP contribution in [0.4, 0.5) is 5.69 Å². The first kappa shape index (κ1) is 17.0. The van der Waals surface area contributed by atoms with Gasteiger partial charge in [-0.1, -0.05) is 11.2 Å². The van der Waals surface area contributed by atoms with Crippen LogP contribution in [0.25, 0.3) is 10.6 Å². The zero-order chi connectivity index (χ0) is 17.9. The van der Waals surface area contributed by atoms with Crippen molar-refractivity contribution in [3.63, 3.8) is 0 Å². The highest BCUT2D eigenvalue weighted by Gasteiger charge is 2.19. The maximum atomic E-state index is 11.4. The van der Waals surface area contributed by atoms with Crippen molar-refractivity contribution in [2.24, 2.45) is 0 Å². The number of rotatable bonds is 5. The molecule has 1 saturated heterocycles. The molecule has 0 saturated carbocycles. The lowest BCUT2D eigenvalue weighted by Gasteiger charge is -2.35. The molecular weight excluding hydrogens is 346 g/mol. The summed E-state index contributed by atoms with van der Waals surface area (Å²) < 4.78 is 5.47. The molecule has 0 radical (unpaired) electrons. The van der Waals surface area contributed by atoms with Crippen LogP contribution in [-0.4, -0.2) is 42.0 Å². The fraction of sp³-hybridized carbons (Fsp3) is 0.300. The zero-order valence-electron chi connectivity index (χ0n) is 14.7. The number of carbonyl (C=O) groups excluding carboxylic acids is 1. The number of Topliss-reactive ketones (excluding diaryl/α,β-unsaturated/α-hetero) is 1. The summed E-state index contributed by atoms with van der Waals surface area (Å²) in [4.78, 5) is 17.3. The Morgan fingerprint density at radius 2 is 1.92 bits per heavy atom. The van der Waals surface area contributed by atoms with E-state index in [1.165, 1.54) is 5.69 Å². The summed E-state index contributed by atoms with van der Waals surface area (Å²) in [5.41, 5.74) is 2.92. The fourth-order valence-corrected chi connectivity index (χ4v) is 3.89. The molecule has 0 N–H and O–H groups in total. The molecule has 134 valence electrons. The van der Waals surface area contributed by atoms with Crippen LogP contribution >= 0.6 is 11.3 Å². The van der Waals surface area contributed by atoms with E-state index in [1.54, 1.807) is 18.3 Å². The van der Waals surface area contributed by atoms with Crippen LogP contribution in [-0.2, 0) is 6.54 Å². The van der Waals surface area contributed by atoms with E-state index >= 15 is 0 Å². The molecule has 2 aromatic heterocycles. The predicted octanol–water partition coefficient (Wildman–Crippen LogP) is 3.93. The summed E-state index contributed by atoms with van der Waals surface area (Å²) in [5.74, 6) is 0.954. The monoisotopic (exact) mass is 367 g/mol. The highest BCUT2D eigenvalue weighted by Crippen LogP contribution is 2.26. The van der Waals surface area contributed by atoms with E-state index in [0.29, 0.717) is 0 Å². The lowest BCUT2D eigenvalue weighted by Crippen LogP contribution is -2.46. The number of piperazine rings is 1. The van der Waals surface area contributed by atoms with Gasteiger partial charge in [-0.15, -0.1) is 11.3 Å². The van der Waals surface area contributed by atoms with E-state index in [9.17, 15) is 4.79 Å². The summed E-state index contributed by atoms with van der Waals surface area (Å²) in [5, 5.41) is 6.26. The van der Waals surface area contributed by atoms with Gasteiger partial charge in [0.15, 0.2) is 11.5 Å². The molecular formula is C20H21N3O2S. The van der Waals surface area contributed by atoms with E-state index in [4.69, 9.17) is 4.52 Å². The number of carbonyl (C=O) groups is 1. The van der Waals surface area contributed by atoms with Crippen LogP contribution in [0.5, 0.6) is 0 Å². The Balaban J connectivity index is 1.33. The van der Waals surface area contributed by atoms with Gasteiger partial charge in [0.05, 0.1) is 10.6 Å². The number of ketones is 1. The maximum absolute atomic E-state index is 11.4. The summed E-state index contributed by atoms with van der Waals surface area (Å²) >= 11 is 1.66. The van der Waals surface area contributed by atoms with E-state index in [0.717, 1.165) is 54.6 Å². The van der Waals surface area contributed by atoms with Crippen molar-refractivity contribution < 1.29 is 9.32 Å². The highest BCUT2D eigenvalue weighted by atomic mass is 32.1. The lowest BCUT2D eigenvalue weighted by atomic mass is 10.1. The van der Waals surface area contributed by atoms with Gasteiger partial charge in [-0.3, -0.25) is 9.69 Å². The summed E-state index contributed by atoms with van der Waals surface area (Å²) in [6.07, 6.45) is 0. The average molecular weight is 367 g/mol. The van der Waals surface area contributed by atoms with Crippen molar-refractivity contribution in [2.75, 3.05) is 31.1 Å². The summed E-state index contributed by atoms with van der Waals surface area (Å²) in [6.45, 7) is 6.31. The predicted molar refractivity (Wildman–Crippen MR) is 104 cm³/mol. The Morgan fingerprint density at radius 1 is 1.15 bits per heavy atom. The van der Waals surface area contributed by atoms with Gasteiger partial charge >= 0.3 is 0 Å². The van der Waals surface area contributed by atoms with Crippen LogP contribution in [0, 0.1) is 0 Å². The van der Waals surface area contributed by atoms with Gasteiger partial charge in [0.25, 0.3) is 0 Å². The number of nitrogens with zero attached hydrogens (tertiary/aromatic N) is 3. The Labute approximate surface area is 156 Å². The van der Waals surface area contributed by atoms with Crippen LogP contribution in [0.2, 0.25) is 0 Å². The highest BCUT2D eigenvalue weighted by molar-refractivity contribution is 7.13. The quantitative estimate of drug-likeness (QED) is 0.640. The molecule has 4 rings (SSSR count). The normalized spacial score (nSPS) is 15.3. The molecule has 1 aromatic carbocycles. The second-order valence-electron chi connectivity index (χ2n) is 6.53. The first-order valence-electron chi connectivity index (χ1n) is 8.77. The molecule has 3 aromatic rings. The third-order valence-electron chi connectivity index (χ3n) is 4.72. The van der Waals surface area contributed by atoms with Crippen molar-refractivity contribution >= 4 is 22.8 Å². The molecule has 1 aliphatic heterocycles. The van der Waals surface area contributed by atoms with Gasteiger partial charge in [-0.2, -0.15) is 0 Å². The zero-order valence-corrected chi connectivity index (χ0v) is 15.5. The first-order chi connectivity index (χ1) is 12.7. The van der Waals surface area contributed by atoms with Crippen molar-refractivity contribution in [1.82, 2.24) is 10.1 Å². The van der Waals surface area contributed by atoms with Gasteiger partial charge in [-0.25, -0.2) is 0 Å². The lowest BCUT2D eigenvalue weighted by molar-refractivity contribution is 0.101. The number of hydrogen-bond acceptors (Lipinski definition) is 6. The van der Waals surface area contributed by atoms with E-state index in [-0.39, 0.29) is 5.78 Å². The van der Waals surface area contributed by atoms with Crippen LogP contribution in [0.15, 0.2) is 52.4 Å².